The summed E-state index contributed by atoms with van der Waals surface area (Å²) in [4.78, 5) is 2.82. The van der Waals surface area contributed by atoms with E-state index in [2.05, 4.69) is 17.1 Å². The van der Waals surface area contributed by atoms with Gasteiger partial charge in [0.25, 0.3) is 0 Å². The molecular weight excluding hydrogens is 252 g/mol. The Labute approximate surface area is 122 Å². The van der Waals surface area contributed by atoms with Crippen LogP contribution in [0.4, 0.5) is 0 Å². The number of ether oxygens (including phenoxy) is 2. The molecule has 1 spiro atoms. The molecule has 4 aliphatic rings. The monoisotopic (exact) mass is 280 g/mol. The minimum absolute atomic E-state index is 0.136. The largest absolute Gasteiger partial charge is 0.381 e. The second kappa shape index (κ2) is 5.24. The van der Waals surface area contributed by atoms with Gasteiger partial charge in [-0.15, -0.1) is 0 Å². The fraction of sp³-hybridized carbons (Fsp3) is 1.00. The third-order valence-corrected chi connectivity index (χ3v) is 6.32. The molecule has 4 aliphatic heterocycles. The lowest BCUT2D eigenvalue weighted by molar-refractivity contribution is -0.152. The number of likely N-dealkylation sites (tertiary alicyclic amines) is 1. The van der Waals surface area contributed by atoms with Crippen molar-refractivity contribution in [2.75, 3.05) is 39.5 Å². The summed E-state index contributed by atoms with van der Waals surface area (Å²) in [6.45, 7) is 8.93. The predicted octanol–water partition coefficient (Wildman–Crippen LogP) is 1.25. The number of hydrogen-bond donors (Lipinski definition) is 1. The summed E-state index contributed by atoms with van der Waals surface area (Å²) in [6.07, 6.45) is 4.65. The molecule has 0 radical (unpaired) electrons. The fourth-order valence-corrected chi connectivity index (χ4v) is 5.06. The highest BCUT2D eigenvalue weighted by Crippen LogP contribution is 2.41. The smallest absolute Gasteiger partial charge is 0.0741 e. The second-order valence-electron chi connectivity index (χ2n) is 7.31. The maximum absolute atomic E-state index is 6.21. The molecule has 4 saturated heterocycles. The van der Waals surface area contributed by atoms with Crippen LogP contribution < -0.4 is 5.32 Å². The van der Waals surface area contributed by atoms with Crippen molar-refractivity contribution >= 4 is 0 Å². The summed E-state index contributed by atoms with van der Waals surface area (Å²) in [5.74, 6) is 1.77. The predicted molar refractivity (Wildman–Crippen MR) is 77.8 cm³/mol. The zero-order chi connectivity index (χ0) is 13.6. The number of nitrogens with one attached hydrogen (secondary N) is 1. The van der Waals surface area contributed by atoms with Crippen LogP contribution in [0.3, 0.4) is 0 Å². The number of rotatable bonds is 1. The van der Waals surface area contributed by atoms with Crippen molar-refractivity contribution in [3.05, 3.63) is 0 Å². The van der Waals surface area contributed by atoms with Crippen LogP contribution in [0.1, 0.15) is 32.6 Å². The standard InChI is InChI=1S/C16H28N2O2/c1-12-15-10-17-9-13(15)11-18(12)14-2-5-20-16(8-14)3-6-19-7-4-16/h12-15,17H,2-11H2,1H3. The van der Waals surface area contributed by atoms with Crippen LogP contribution in [-0.2, 0) is 9.47 Å². The molecule has 4 heterocycles. The Morgan fingerprint density at radius 1 is 1.15 bits per heavy atom. The maximum atomic E-state index is 6.21. The quantitative estimate of drug-likeness (QED) is 0.784. The zero-order valence-corrected chi connectivity index (χ0v) is 12.6. The van der Waals surface area contributed by atoms with Crippen molar-refractivity contribution in [3.8, 4) is 0 Å². The summed E-state index contributed by atoms with van der Waals surface area (Å²) in [7, 11) is 0. The van der Waals surface area contributed by atoms with Crippen molar-refractivity contribution in [3.63, 3.8) is 0 Å². The van der Waals surface area contributed by atoms with Crippen molar-refractivity contribution in [1.82, 2.24) is 10.2 Å². The van der Waals surface area contributed by atoms with Crippen LogP contribution in [0.25, 0.3) is 0 Å². The van der Waals surface area contributed by atoms with E-state index in [0.29, 0.717) is 0 Å². The second-order valence-corrected chi connectivity index (χ2v) is 7.31. The first-order valence-electron chi connectivity index (χ1n) is 8.46. The Morgan fingerprint density at radius 2 is 2.00 bits per heavy atom. The Hall–Kier alpha value is -0.160. The van der Waals surface area contributed by atoms with Gasteiger partial charge in [0.05, 0.1) is 5.60 Å². The van der Waals surface area contributed by atoms with Crippen LogP contribution in [0, 0.1) is 11.8 Å². The fourth-order valence-electron chi connectivity index (χ4n) is 5.06. The van der Waals surface area contributed by atoms with E-state index < -0.39 is 0 Å². The third-order valence-electron chi connectivity index (χ3n) is 6.32. The summed E-state index contributed by atoms with van der Waals surface area (Å²) in [6, 6.07) is 1.48. The van der Waals surface area contributed by atoms with E-state index in [1.807, 2.05) is 0 Å². The topological polar surface area (TPSA) is 33.7 Å². The van der Waals surface area contributed by atoms with Gasteiger partial charge in [-0.2, -0.15) is 0 Å². The summed E-state index contributed by atoms with van der Waals surface area (Å²) in [5.41, 5.74) is 0.136. The van der Waals surface area contributed by atoms with Gasteiger partial charge in [0.15, 0.2) is 0 Å². The maximum Gasteiger partial charge on any atom is 0.0741 e. The molecule has 0 aromatic heterocycles. The van der Waals surface area contributed by atoms with E-state index in [0.717, 1.165) is 56.6 Å². The molecule has 4 unspecified atom stereocenters. The SMILES string of the molecule is CC1C2CNCC2CN1C1CCOC2(CCOCC2)C1. The molecule has 4 atom stereocenters. The molecule has 4 fully saturated rings. The number of nitrogens with zero attached hydrogens (tertiary/aromatic N) is 1. The average Bonchev–Trinajstić information content (AvgIpc) is 3.03. The Bertz CT molecular complexity index is 351. The van der Waals surface area contributed by atoms with Crippen LogP contribution >= 0.6 is 0 Å². The van der Waals surface area contributed by atoms with Crippen molar-refractivity contribution in [1.29, 1.82) is 0 Å². The van der Waals surface area contributed by atoms with Gasteiger partial charge in [0, 0.05) is 38.4 Å². The summed E-state index contributed by atoms with van der Waals surface area (Å²) >= 11 is 0. The summed E-state index contributed by atoms with van der Waals surface area (Å²) in [5, 5.41) is 3.57. The number of hydrogen-bond acceptors (Lipinski definition) is 4. The van der Waals surface area contributed by atoms with Gasteiger partial charge < -0.3 is 14.8 Å². The van der Waals surface area contributed by atoms with Crippen LogP contribution in [0.2, 0.25) is 0 Å². The Balaban J connectivity index is 1.46. The van der Waals surface area contributed by atoms with Gasteiger partial charge in [0.1, 0.15) is 0 Å². The molecule has 20 heavy (non-hydrogen) atoms. The van der Waals surface area contributed by atoms with Crippen molar-refractivity contribution in [2.24, 2.45) is 11.8 Å². The van der Waals surface area contributed by atoms with E-state index in [1.165, 1.54) is 32.5 Å². The lowest BCUT2D eigenvalue weighted by Crippen LogP contribution is -2.52. The Morgan fingerprint density at radius 3 is 2.80 bits per heavy atom. The molecule has 114 valence electrons. The third kappa shape index (κ3) is 2.21. The van der Waals surface area contributed by atoms with E-state index >= 15 is 0 Å². The number of fused-ring (bicyclic) bond motifs is 1. The molecule has 0 bridgehead atoms. The molecular formula is C16H28N2O2. The lowest BCUT2D eigenvalue weighted by Gasteiger charge is -2.47. The van der Waals surface area contributed by atoms with E-state index in [4.69, 9.17) is 9.47 Å². The van der Waals surface area contributed by atoms with E-state index in [-0.39, 0.29) is 5.60 Å². The van der Waals surface area contributed by atoms with Crippen molar-refractivity contribution < 1.29 is 9.47 Å². The van der Waals surface area contributed by atoms with Gasteiger partial charge in [0.2, 0.25) is 0 Å². The van der Waals surface area contributed by atoms with Crippen molar-refractivity contribution in [2.45, 2.75) is 50.3 Å². The van der Waals surface area contributed by atoms with Crippen LogP contribution in [0.5, 0.6) is 0 Å². The normalized spacial score (nSPS) is 44.9. The first kappa shape index (κ1) is 13.5. The van der Waals surface area contributed by atoms with Gasteiger partial charge in [-0.05, 0) is 57.5 Å². The minimum Gasteiger partial charge on any atom is -0.381 e. The van der Waals surface area contributed by atoms with Gasteiger partial charge in [-0.1, -0.05) is 0 Å². The summed E-state index contributed by atoms with van der Waals surface area (Å²) < 4.78 is 11.7. The van der Waals surface area contributed by atoms with Crippen LogP contribution in [0.15, 0.2) is 0 Å². The average molecular weight is 280 g/mol. The molecule has 4 nitrogen and oxygen atoms in total. The van der Waals surface area contributed by atoms with Gasteiger partial charge in [-0.25, -0.2) is 0 Å². The first-order chi connectivity index (χ1) is 9.77. The molecule has 4 heteroatoms. The molecule has 0 aromatic carbocycles. The Kier molecular flexibility index (Phi) is 3.53. The zero-order valence-electron chi connectivity index (χ0n) is 12.6. The lowest BCUT2D eigenvalue weighted by atomic mass is 9.83. The van der Waals surface area contributed by atoms with Gasteiger partial charge >= 0.3 is 0 Å². The highest BCUT2D eigenvalue weighted by Gasteiger charge is 2.47. The van der Waals surface area contributed by atoms with Crippen LogP contribution in [-0.4, -0.2) is 62.0 Å². The van der Waals surface area contributed by atoms with E-state index in [1.54, 1.807) is 0 Å². The first-order valence-corrected chi connectivity index (χ1v) is 8.46. The van der Waals surface area contributed by atoms with Gasteiger partial charge in [-0.3, -0.25) is 4.90 Å². The molecule has 0 amide bonds. The highest BCUT2D eigenvalue weighted by atomic mass is 16.5. The molecule has 0 aromatic rings. The minimum atomic E-state index is 0.136. The molecule has 4 rings (SSSR count). The molecule has 1 N–H and O–H groups in total. The molecule has 0 aliphatic carbocycles. The highest BCUT2D eigenvalue weighted by molar-refractivity contribution is 5.01. The van der Waals surface area contributed by atoms with E-state index in [9.17, 15) is 0 Å². The molecule has 0 saturated carbocycles.